The van der Waals surface area contributed by atoms with Crippen molar-refractivity contribution < 1.29 is 9.18 Å². The van der Waals surface area contributed by atoms with Crippen molar-refractivity contribution in [1.29, 1.82) is 0 Å². The number of hydrogen-bond acceptors (Lipinski definition) is 2. The maximum atomic E-state index is 13.3. The second kappa shape index (κ2) is 8.08. The molecule has 0 saturated carbocycles. The van der Waals surface area contributed by atoms with Crippen LogP contribution in [-0.2, 0) is 4.79 Å². The van der Waals surface area contributed by atoms with E-state index in [-0.39, 0.29) is 23.6 Å². The third kappa shape index (κ3) is 4.77. The molecule has 25 heavy (non-hydrogen) atoms. The van der Waals surface area contributed by atoms with Crippen molar-refractivity contribution in [2.75, 3.05) is 0 Å². The van der Waals surface area contributed by atoms with Gasteiger partial charge in [0.1, 0.15) is 5.82 Å². The number of allylic oxidation sites excluding steroid dienone is 1. The quantitative estimate of drug-likeness (QED) is 0.838. The summed E-state index contributed by atoms with van der Waals surface area (Å²) in [6, 6.07) is 13.1. The van der Waals surface area contributed by atoms with Crippen LogP contribution in [0.2, 0.25) is 0 Å². The summed E-state index contributed by atoms with van der Waals surface area (Å²) < 4.78 is 13.3. The molecule has 0 heterocycles. The Kier molecular flexibility index (Phi) is 6.10. The van der Waals surface area contributed by atoms with E-state index < -0.39 is 6.04 Å². The lowest BCUT2D eigenvalue weighted by Gasteiger charge is -2.25. The van der Waals surface area contributed by atoms with E-state index in [1.54, 1.807) is 12.1 Å². The molecule has 3 N–H and O–H groups in total. The van der Waals surface area contributed by atoms with Crippen molar-refractivity contribution in [2.45, 2.75) is 32.7 Å². The molecule has 1 amide bonds. The lowest BCUT2D eigenvalue weighted by molar-refractivity contribution is -0.122. The molecule has 0 saturated heterocycles. The van der Waals surface area contributed by atoms with Gasteiger partial charge in [-0.3, -0.25) is 4.79 Å². The highest BCUT2D eigenvalue weighted by Crippen LogP contribution is 2.28. The predicted octanol–water partition coefficient (Wildman–Crippen LogP) is 3.88. The summed E-state index contributed by atoms with van der Waals surface area (Å²) in [6.07, 6.45) is 0. The fourth-order valence-electron chi connectivity index (χ4n) is 2.59. The summed E-state index contributed by atoms with van der Waals surface area (Å²) in [7, 11) is 0. The summed E-state index contributed by atoms with van der Waals surface area (Å²) in [4.78, 5) is 12.6. The van der Waals surface area contributed by atoms with Gasteiger partial charge in [0.25, 0.3) is 0 Å². The van der Waals surface area contributed by atoms with Crippen molar-refractivity contribution >= 4 is 5.91 Å². The van der Waals surface area contributed by atoms with Crippen molar-refractivity contribution in [1.82, 2.24) is 5.32 Å². The first-order valence-corrected chi connectivity index (χ1v) is 8.37. The molecule has 0 aliphatic rings. The number of hydrogen-bond donors (Lipinski definition) is 2. The Hall–Kier alpha value is -2.46. The van der Waals surface area contributed by atoms with Crippen LogP contribution in [0.25, 0.3) is 0 Å². The minimum absolute atomic E-state index is 0.125. The molecule has 0 fully saturated rings. The van der Waals surface area contributed by atoms with Crippen LogP contribution in [-0.4, -0.2) is 11.9 Å². The van der Waals surface area contributed by atoms with E-state index in [0.29, 0.717) is 5.70 Å². The molecule has 3 nitrogen and oxygen atoms in total. The number of carbonyl (C=O) groups excluding carboxylic acids is 1. The van der Waals surface area contributed by atoms with E-state index in [4.69, 9.17) is 5.73 Å². The minimum Gasteiger partial charge on any atom is -0.329 e. The lowest BCUT2D eigenvalue weighted by Crippen LogP contribution is -2.45. The number of amides is 1. The highest BCUT2D eigenvalue weighted by atomic mass is 19.1. The fraction of sp³-hybridized carbons (Fsp3) is 0.286. The first-order chi connectivity index (χ1) is 11.8. The third-order valence-electron chi connectivity index (χ3n) is 4.31. The van der Waals surface area contributed by atoms with Gasteiger partial charge in [0, 0.05) is 11.6 Å². The molecule has 0 aliphatic heterocycles. The van der Waals surface area contributed by atoms with Gasteiger partial charge >= 0.3 is 0 Å². The average molecular weight is 340 g/mol. The number of carbonyl (C=O) groups is 1. The topological polar surface area (TPSA) is 55.1 Å². The van der Waals surface area contributed by atoms with Crippen molar-refractivity contribution in [3.05, 3.63) is 83.3 Å². The smallest absolute Gasteiger partial charge is 0.242 e. The number of nitrogens with one attached hydrogen (secondary N) is 1. The summed E-state index contributed by atoms with van der Waals surface area (Å²) in [5.74, 6) is -0.868. The van der Waals surface area contributed by atoms with Crippen LogP contribution in [0.5, 0.6) is 0 Å². The number of benzene rings is 2. The number of aryl methyl sites for hydroxylation is 1. The summed E-state index contributed by atoms with van der Waals surface area (Å²) >= 11 is 0. The van der Waals surface area contributed by atoms with Gasteiger partial charge in [0.05, 0.1) is 6.04 Å². The zero-order valence-corrected chi connectivity index (χ0v) is 14.9. The highest BCUT2D eigenvalue weighted by Gasteiger charge is 2.28. The van der Waals surface area contributed by atoms with Crippen LogP contribution in [0, 0.1) is 18.7 Å². The molecule has 0 spiro atoms. The Balaban J connectivity index is 2.36. The second-order valence-corrected chi connectivity index (χ2v) is 6.63. The molecule has 4 heteroatoms. The first-order valence-electron chi connectivity index (χ1n) is 8.37. The monoisotopic (exact) mass is 340 g/mol. The van der Waals surface area contributed by atoms with Gasteiger partial charge in [-0.1, -0.05) is 62.4 Å². The van der Waals surface area contributed by atoms with Crippen LogP contribution in [0.1, 0.15) is 36.5 Å². The minimum atomic E-state index is -0.816. The van der Waals surface area contributed by atoms with Gasteiger partial charge in [-0.25, -0.2) is 4.39 Å². The zero-order valence-electron chi connectivity index (χ0n) is 14.9. The van der Waals surface area contributed by atoms with E-state index in [1.807, 2.05) is 45.0 Å². The van der Waals surface area contributed by atoms with Gasteiger partial charge in [-0.05, 0) is 36.1 Å². The highest BCUT2D eigenvalue weighted by molar-refractivity contribution is 5.84. The Morgan fingerprint density at radius 1 is 1.04 bits per heavy atom. The Bertz CT molecular complexity index is 690. The third-order valence-corrected chi connectivity index (χ3v) is 4.31. The number of nitrogens with two attached hydrogens (primary N) is 1. The maximum absolute atomic E-state index is 13.3. The van der Waals surface area contributed by atoms with Crippen LogP contribution >= 0.6 is 0 Å². The molecule has 2 rings (SSSR count). The summed E-state index contributed by atoms with van der Waals surface area (Å²) in [5.41, 5.74) is 9.76. The second-order valence-electron chi connectivity index (χ2n) is 6.63. The predicted molar refractivity (Wildman–Crippen MR) is 99.5 cm³/mol. The van der Waals surface area contributed by atoms with Crippen molar-refractivity contribution in [2.24, 2.45) is 11.7 Å². The fourth-order valence-corrected chi connectivity index (χ4v) is 2.59. The van der Waals surface area contributed by atoms with E-state index in [9.17, 15) is 9.18 Å². The zero-order chi connectivity index (χ0) is 18.6. The standard InChI is InChI=1S/C21H25FN2O/c1-13(2)15(4)24-21(25)20(23)19(16-7-5-14(3)6-8-16)17-9-11-18(22)12-10-17/h5-13,19-20H,4,23H2,1-3H3,(H,24,25)/t19-,20?/m0/s1. The Morgan fingerprint density at radius 3 is 2.00 bits per heavy atom. The molecular weight excluding hydrogens is 315 g/mol. The van der Waals surface area contributed by atoms with Gasteiger partial charge in [-0.15, -0.1) is 0 Å². The van der Waals surface area contributed by atoms with E-state index in [2.05, 4.69) is 11.9 Å². The van der Waals surface area contributed by atoms with Crippen molar-refractivity contribution in [3.8, 4) is 0 Å². The van der Waals surface area contributed by atoms with Gasteiger partial charge in [-0.2, -0.15) is 0 Å². The normalized spacial score (nSPS) is 13.4. The molecule has 2 aromatic carbocycles. The van der Waals surface area contributed by atoms with E-state index >= 15 is 0 Å². The SMILES string of the molecule is C=C(NC(=O)C(N)[C@@H](c1ccc(C)cc1)c1ccc(F)cc1)C(C)C. The van der Waals surface area contributed by atoms with E-state index in [0.717, 1.165) is 16.7 Å². The molecule has 0 aromatic heterocycles. The Morgan fingerprint density at radius 2 is 1.52 bits per heavy atom. The molecule has 0 bridgehead atoms. The van der Waals surface area contributed by atoms with Crippen molar-refractivity contribution in [3.63, 3.8) is 0 Å². The molecule has 0 radical (unpaired) electrons. The number of halogens is 1. The number of rotatable bonds is 6. The average Bonchev–Trinajstić information content (AvgIpc) is 2.58. The molecular formula is C21H25FN2O. The van der Waals surface area contributed by atoms with Crippen LogP contribution < -0.4 is 11.1 Å². The van der Waals surface area contributed by atoms with Crippen LogP contribution in [0.3, 0.4) is 0 Å². The van der Waals surface area contributed by atoms with Crippen LogP contribution in [0.15, 0.2) is 60.8 Å². The summed E-state index contributed by atoms with van der Waals surface area (Å²) in [5, 5.41) is 2.79. The Labute approximate surface area is 148 Å². The van der Waals surface area contributed by atoms with Gasteiger partial charge in [0.2, 0.25) is 5.91 Å². The molecule has 2 aromatic rings. The molecule has 0 aliphatic carbocycles. The first kappa shape index (κ1) is 18.9. The molecule has 132 valence electrons. The lowest BCUT2D eigenvalue weighted by atomic mass is 9.84. The van der Waals surface area contributed by atoms with Gasteiger partial charge < -0.3 is 11.1 Å². The van der Waals surface area contributed by atoms with Crippen LogP contribution in [0.4, 0.5) is 4.39 Å². The molecule has 1 unspecified atom stereocenters. The van der Waals surface area contributed by atoms with Gasteiger partial charge in [0.15, 0.2) is 0 Å². The summed E-state index contributed by atoms with van der Waals surface area (Å²) in [6.45, 7) is 9.76. The van der Waals surface area contributed by atoms with E-state index in [1.165, 1.54) is 12.1 Å². The largest absolute Gasteiger partial charge is 0.329 e. The maximum Gasteiger partial charge on any atom is 0.242 e. The molecule has 2 atom stereocenters.